The number of benzene rings is 1. The van der Waals surface area contributed by atoms with Crippen molar-refractivity contribution in [2.24, 2.45) is 0 Å². The van der Waals surface area contributed by atoms with Crippen LogP contribution in [0.3, 0.4) is 0 Å². The number of ether oxygens (including phenoxy) is 2. The number of carbonyl (C=O) groups excluding carboxylic acids is 2. The lowest BCUT2D eigenvalue weighted by atomic mass is 10.2. The fraction of sp³-hybridized carbons (Fsp3) is 0.400. The van der Waals surface area contributed by atoms with Gasteiger partial charge < -0.3 is 19.7 Å². The number of rotatable bonds is 6. The molecular formula is C20H23N3O4S. The molecule has 0 radical (unpaired) electrons. The summed E-state index contributed by atoms with van der Waals surface area (Å²) in [5.41, 5.74) is 0.563. The molecule has 148 valence electrons. The van der Waals surface area contributed by atoms with Crippen LogP contribution in [0.4, 0.5) is 0 Å². The average molecular weight is 401 g/mol. The summed E-state index contributed by atoms with van der Waals surface area (Å²) in [4.78, 5) is 30.0. The first-order chi connectivity index (χ1) is 13.7. The van der Waals surface area contributed by atoms with Crippen LogP contribution in [0, 0.1) is 0 Å². The molecule has 0 unspecified atom stereocenters. The van der Waals surface area contributed by atoms with Crippen LogP contribution in [0.2, 0.25) is 0 Å². The Balaban J connectivity index is 1.17. The molecule has 0 spiro atoms. The SMILES string of the molecule is O=C(NCCN1CCN(C(=O)Cc2cccs2)CC1)c1ccc2c(c1)OCO2. The van der Waals surface area contributed by atoms with Crippen molar-refractivity contribution in [3.8, 4) is 11.5 Å². The van der Waals surface area contributed by atoms with E-state index in [9.17, 15) is 9.59 Å². The summed E-state index contributed by atoms with van der Waals surface area (Å²) < 4.78 is 10.6. The zero-order valence-electron chi connectivity index (χ0n) is 15.6. The van der Waals surface area contributed by atoms with E-state index in [1.807, 2.05) is 22.4 Å². The molecule has 2 aromatic rings. The van der Waals surface area contributed by atoms with Crippen LogP contribution in [0.25, 0.3) is 0 Å². The Hall–Kier alpha value is -2.58. The van der Waals surface area contributed by atoms with Crippen molar-refractivity contribution in [1.82, 2.24) is 15.1 Å². The molecular weight excluding hydrogens is 378 g/mol. The van der Waals surface area contributed by atoms with Crippen LogP contribution in [0.5, 0.6) is 11.5 Å². The molecule has 0 atom stereocenters. The zero-order valence-corrected chi connectivity index (χ0v) is 16.4. The summed E-state index contributed by atoms with van der Waals surface area (Å²) in [7, 11) is 0. The van der Waals surface area contributed by atoms with Gasteiger partial charge in [-0.15, -0.1) is 11.3 Å². The topological polar surface area (TPSA) is 71.1 Å². The largest absolute Gasteiger partial charge is 0.454 e. The second-order valence-corrected chi connectivity index (χ2v) is 7.83. The fourth-order valence-corrected chi connectivity index (χ4v) is 4.06. The van der Waals surface area contributed by atoms with E-state index in [2.05, 4.69) is 10.2 Å². The predicted molar refractivity (Wildman–Crippen MR) is 106 cm³/mol. The van der Waals surface area contributed by atoms with E-state index in [4.69, 9.17) is 9.47 Å². The Morgan fingerprint density at radius 2 is 1.89 bits per heavy atom. The van der Waals surface area contributed by atoms with Gasteiger partial charge in [-0.25, -0.2) is 0 Å². The molecule has 7 nitrogen and oxygen atoms in total. The molecule has 2 aliphatic heterocycles. The van der Waals surface area contributed by atoms with E-state index in [0.717, 1.165) is 37.6 Å². The van der Waals surface area contributed by atoms with Gasteiger partial charge in [0.15, 0.2) is 11.5 Å². The summed E-state index contributed by atoms with van der Waals surface area (Å²) in [6.45, 7) is 4.66. The summed E-state index contributed by atoms with van der Waals surface area (Å²) in [5, 5.41) is 4.94. The molecule has 0 bridgehead atoms. The maximum absolute atomic E-state index is 12.4. The van der Waals surface area contributed by atoms with Crippen LogP contribution in [0.15, 0.2) is 35.7 Å². The quantitative estimate of drug-likeness (QED) is 0.796. The van der Waals surface area contributed by atoms with Crippen molar-refractivity contribution in [3.05, 3.63) is 46.2 Å². The van der Waals surface area contributed by atoms with Crippen LogP contribution in [-0.2, 0) is 11.2 Å². The summed E-state index contributed by atoms with van der Waals surface area (Å²) >= 11 is 1.62. The average Bonchev–Trinajstić information content (AvgIpc) is 3.39. The molecule has 4 rings (SSSR count). The monoisotopic (exact) mass is 401 g/mol. The molecule has 0 saturated carbocycles. The van der Waals surface area contributed by atoms with E-state index >= 15 is 0 Å². The summed E-state index contributed by atoms with van der Waals surface area (Å²) in [6.07, 6.45) is 0.489. The van der Waals surface area contributed by atoms with Gasteiger partial charge in [0.2, 0.25) is 12.7 Å². The van der Waals surface area contributed by atoms with E-state index in [1.165, 1.54) is 0 Å². The minimum Gasteiger partial charge on any atom is -0.454 e. The highest BCUT2D eigenvalue weighted by Gasteiger charge is 2.21. The number of hydrogen-bond acceptors (Lipinski definition) is 6. The Labute approximate surface area is 167 Å². The maximum atomic E-state index is 12.4. The van der Waals surface area contributed by atoms with Gasteiger partial charge in [-0.2, -0.15) is 0 Å². The molecule has 0 aliphatic carbocycles. The van der Waals surface area contributed by atoms with E-state index in [1.54, 1.807) is 29.5 Å². The third kappa shape index (κ3) is 4.45. The first kappa shape index (κ1) is 18.8. The van der Waals surface area contributed by atoms with Gasteiger partial charge in [0.25, 0.3) is 5.91 Å². The second-order valence-electron chi connectivity index (χ2n) is 6.80. The summed E-state index contributed by atoms with van der Waals surface area (Å²) in [5.74, 6) is 1.35. The summed E-state index contributed by atoms with van der Waals surface area (Å²) in [6, 6.07) is 9.17. The van der Waals surface area contributed by atoms with Crippen LogP contribution < -0.4 is 14.8 Å². The number of nitrogens with one attached hydrogen (secondary N) is 1. The minimum atomic E-state index is -0.122. The lowest BCUT2D eigenvalue weighted by Crippen LogP contribution is -2.50. The molecule has 1 N–H and O–H groups in total. The van der Waals surface area contributed by atoms with Crippen molar-refractivity contribution in [1.29, 1.82) is 0 Å². The highest BCUT2D eigenvalue weighted by atomic mass is 32.1. The number of piperazine rings is 1. The lowest BCUT2D eigenvalue weighted by molar-refractivity contribution is -0.132. The number of thiophene rings is 1. The smallest absolute Gasteiger partial charge is 0.251 e. The number of carbonyl (C=O) groups is 2. The number of amides is 2. The van der Waals surface area contributed by atoms with Crippen LogP contribution in [0.1, 0.15) is 15.2 Å². The van der Waals surface area contributed by atoms with Crippen molar-refractivity contribution >= 4 is 23.2 Å². The lowest BCUT2D eigenvalue weighted by Gasteiger charge is -2.34. The maximum Gasteiger partial charge on any atom is 0.251 e. The molecule has 2 amide bonds. The Bertz CT molecular complexity index is 832. The molecule has 1 saturated heterocycles. The normalized spacial score (nSPS) is 16.2. The van der Waals surface area contributed by atoms with Crippen molar-refractivity contribution in [3.63, 3.8) is 0 Å². The number of fused-ring (bicyclic) bond motifs is 1. The van der Waals surface area contributed by atoms with E-state index < -0.39 is 0 Å². The van der Waals surface area contributed by atoms with Crippen molar-refractivity contribution in [2.75, 3.05) is 46.1 Å². The van der Waals surface area contributed by atoms with Crippen LogP contribution in [-0.4, -0.2) is 67.7 Å². The molecule has 1 aromatic heterocycles. The van der Waals surface area contributed by atoms with Crippen LogP contribution >= 0.6 is 11.3 Å². The van der Waals surface area contributed by atoms with Gasteiger partial charge in [0.1, 0.15) is 0 Å². The Morgan fingerprint density at radius 1 is 1.07 bits per heavy atom. The molecule has 8 heteroatoms. The first-order valence-electron chi connectivity index (χ1n) is 9.39. The van der Waals surface area contributed by atoms with E-state index in [0.29, 0.717) is 30.0 Å². The van der Waals surface area contributed by atoms with Crippen molar-refractivity contribution in [2.45, 2.75) is 6.42 Å². The van der Waals surface area contributed by atoms with Gasteiger partial charge >= 0.3 is 0 Å². The Morgan fingerprint density at radius 3 is 2.68 bits per heavy atom. The van der Waals surface area contributed by atoms with Gasteiger partial charge in [-0.1, -0.05) is 6.07 Å². The standard InChI is InChI=1S/C20H23N3O4S/c24-19(13-16-2-1-11-28-16)23-9-7-22(8-10-23)6-5-21-20(25)15-3-4-17-18(12-15)27-14-26-17/h1-4,11-12H,5-10,13-14H2,(H,21,25). The van der Waals surface area contributed by atoms with E-state index in [-0.39, 0.29) is 18.6 Å². The van der Waals surface area contributed by atoms with Gasteiger partial charge in [-0.3, -0.25) is 14.5 Å². The fourth-order valence-electron chi connectivity index (χ4n) is 3.36. The van der Waals surface area contributed by atoms with Crippen molar-refractivity contribution < 1.29 is 19.1 Å². The Kier molecular flexibility index (Phi) is 5.78. The minimum absolute atomic E-state index is 0.122. The third-order valence-electron chi connectivity index (χ3n) is 4.98. The molecule has 1 aromatic carbocycles. The molecule has 1 fully saturated rings. The zero-order chi connectivity index (χ0) is 19.3. The van der Waals surface area contributed by atoms with Gasteiger partial charge in [0, 0.05) is 49.7 Å². The molecule has 2 aliphatic rings. The predicted octanol–water partition coefficient (Wildman–Crippen LogP) is 1.59. The van der Waals surface area contributed by atoms with Gasteiger partial charge in [-0.05, 0) is 29.6 Å². The first-order valence-corrected chi connectivity index (χ1v) is 10.3. The van der Waals surface area contributed by atoms with Gasteiger partial charge in [0.05, 0.1) is 6.42 Å². The number of nitrogens with zero attached hydrogens (tertiary/aromatic N) is 2. The highest BCUT2D eigenvalue weighted by molar-refractivity contribution is 7.10. The third-order valence-corrected chi connectivity index (χ3v) is 5.86. The molecule has 28 heavy (non-hydrogen) atoms. The highest BCUT2D eigenvalue weighted by Crippen LogP contribution is 2.32. The number of hydrogen-bond donors (Lipinski definition) is 1. The second kappa shape index (κ2) is 8.62. The molecule has 3 heterocycles.